The lowest BCUT2D eigenvalue weighted by Gasteiger charge is -2.28. The van der Waals surface area contributed by atoms with Crippen molar-refractivity contribution >= 4 is 33.6 Å². The average Bonchev–Trinajstić information content (AvgIpc) is 2.35. The van der Waals surface area contributed by atoms with Crippen molar-refractivity contribution < 1.29 is 14.7 Å². The average molecular weight is 343 g/mol. The summed E-state index contributed by atoms with van der Waals surface area (Å²) < 4.78 is 0.604. The lowest BCUT2D eigenvalue weighted by molar-refractivity contribution is 0.0696. The minimum Gasteiger partial charge on any atom is -0.478 e. The number of carboxylic acids is 1. The highest BCUT2D eigenvalue weighted by Gasteiger charge is 2.19. The first-order chi connectivity index (χ1) is 9.22. The lowest BCUT2D eigenvalue weighted by Crippen LogP contribution is -2.40. The van der Waals surface area contributed by atoms with Crippen molar-refractivity contribution in [2.75, 3.05) is 12.4 Å². The molecule has 0 bridgehead atoms. The summed E-state index contributed by atoms with van der Waals surface area (Å²) in [5, 5.41) is 11.7. The fraction of sp³-hybridized carbons (Fsp3) is 0.429. The normalized spacial score (nSPS) is 12.1. The molecule has 0 radical (unpaired) electrons. The highest BCUT2D eigenvalue weighted by molar-refractivity contribution is 9.10. The standard InChI is InChI=1S/C14H19BrN2O3/c1-8(2)9(3)17(4)14(20)16-12-6-10(13(18)19)5-11(15)7-12/h5-9H,1-4H3,(H,16,20)(H,18,19). The lowest BCUT2D eigenvalue weighted by atomic mass is 10.1. The highest BCUT2D eigenvalue weighted by atomic mass is 79.9. The van der Waals surface area contributed by atoms with Crippen molar-refractivity contribution in [1.82, 2.24) is 4.90 Å². The molecule has 6 heteroatoms. The van der Waals surface area contributed by atoms with Crippen LogP contribution in [0.1, 0.15) is 31.1 Å². The molecule has 2 N–H and O–H groups in total. The largest absolute Gasteiger partial charge is 0.478 e. The van der Waals surface area contributed by atoms with Crippen LogP contribution in [0.25, 0.3) is 0 Å². The Balaban J connectivity index is 2.88. The van der Waals surface area contributed by atoms with Crippen molar-refractivity contribution in [2.24, 2.45) is 5.92 Å². The summed E-state index contributed by atoms with van der Waals surface area (Å²) in [7, 11) is 1.72. The number of anilines is 1. The smallest absolute Gasteiger partial charge is 0.335 e. The summed E-state index contributed by atoms with van der Waals surface area (Å²) in [5.74, 6) is -0.700. The van der Waals surface area contributed by atoms with E-state index in [-0.39, 0.29) is 17.6 Å². The summed E-state index contributed by atoms with van der Waals surface area (Å²) in [4.78, 5) is 24.7. The molecule has 0 saturated heterocycles. The Hall–Kier alpha value is -1.56. The third kappa shape index (κ3) is 4.23. The first-order valence-corrected chi connectivity index (χ1v) is 7.09. The first kappa shape index (κ1) is 16.5. The van der Waals surface area contributed by atoms with Gasteiger partial charge in [-0.05, 0) is 31.0 Å². The zero-order valence-electron chi connectivity index (χ0n) is 12.0. The number of aromatic carboxylic acids is 1. The van der Waals surface area contributed by atoms with Crippen LogP contribution in [0.15, 0.2) is 22.7 Å². The number of rotatable bonds is 4. The molecule has 1 unspecified atom stereocenters. The Morgan fingerprint density at radius 3 is 2.35 bits per heavy atom. The van der Waals surface area contributed by atoms with E-state index in [2.05, 4.69) is 21.2 Å². The predicted octanol–water partition coefficient (Wildman–Crippen LogP) is 3.66. The summed E-state index contributed by atoms with van der Waals surface area (Å²) in [6.07, 6.45) is 0. The summed E-state index contributed by atoms with van der Waals surface area (Å²) in [5.41, 5.74) is 0.568. The fourth-order valence-electron chi connectivity index (χ4n) is 1.63. The second-order valence-corrected chi connectivity index (χ2v) is 5.98. The number of amides is 2. The van der Waals surface area contributed by atoms with E-state index in [1.807, 2.05) is 20.8 Å². The van der Waals surface area contributed by atoms with Gasteiger partial charge < -0.3 is 15.3 Å². The molecule has 1 rings (SSSR count). The molecule has 5 nitrogen and oxygen atoms in total. The number of carbonyl (C=O) groups excluding carboxylic acids is 1. The number of nitrogens with zero attached hydrogens (tertiary/aromatic N) is 1. The van der Waals surface area contributed by atoms with E-state index in [0.717, 1.165) is 0 Å². The maximum absolute atomic E-state index is 12.1. The topological polar surface area (TPSA) is 69.6 Å². The SMILES string of the molecule is CC(C)C(C)N(C)C(=O)Nc1cc(Br)cc(C(=O)O)c1. The summed E-state index contributed by atoms with van der Waals surface area (Å²) in [6.45, 7) is 6.04. The second kappa shape index (κ2) is 6.74. The molecular formula is C14H19BrN2O3. The van der Waals surface area contributed by atoms with Crippen LogP contribution in [-0.4, -0.2) is 35.1 Å². The number of halogens is 1. The van der Waals surface area contributed by atoms with Crippen LogP contribution in [0.2, 0.25) is 0 Å². The number of carbonyl (C=O) groups is 2. The molecule has 0 saturated carbocycles. The van der Waals surface area contributed by atoms with E-state index in [1.165, 1.54) is 12.1 Å². The zero-order valence-corrected chi connectivity index (χ0v) is 13.6. The number of urea groups is 1. The van der Waals surface area contributed by atoms with Gasteiger partial charge in [-0.3, -0.25) is 0 Å². The van der Waals surface area contributed by atoms with Crippen LogP contribution in [0.4, 0.5) is 10.5 Å². The zero-order chi connectivity index (χ0) is 15.4. The molecule has 0 aliphatic heterocycles. The molecule has 0 fully saturated rings. The van der Waals surface area contributed by atoms with Gasteiger partial charge in [0.25, 0.3) is 0 Å². The Morgan fingerprint density at radius 1 is 1.25 bits per heavy atom. The molecule has 0 aromatic heterocycles. The van der Waals surface area contributed by atoms with Gasteiger partial charge in [0, 0.05) is 23.2 Å². The first-order valence-electron chi connectivity index (χ1n) is 6.30. The summed E-state index contributed by atoms with van der Waals surface area (Å²) in [6, 6.07) is 4.40. The van der Waals surface area contributed by atoms with Crippen LogP contribution in [-0.2, 0) is 0 Å². The maximum atomic E-state index is 12.1. The molecular weight excluding hydrogens is 324 g/mol. The predicted molar refractivity (Wildman–Crippen MR) is 82.2 cm³/mol. The number of hydrogen-bond acceptors (Lipinski definition) is 2. The van der Waals surface area contributed by atoms with Crippen LogP contribution in [0.5, 0.6) is 0 Å². The monoisotopic (exact) mass is 342 g/mol. The van der Waals surface area contributed by atoms with Gasteiger partial charge in [-0.2, -0.15) is 0 Å². The Bertz CT molecular complexity index is 517. The van der Waals surface area contributed by atoms with Crippen molar-refractivity contribution in [1.29, 1.82) is 0 Å². The third-order valence-electron chi connectivity index (χ3n) is 3.29. The molecule has 0 aliphatic carbocycles. The molecule has 1 atom stereocenters. The van der Waals surface area contributed by atoms with Crippen LogP contribution < -0.4 is 5.32 Å². The Kier molecular flexibility index (Phi) is 5.56. The Labute approximate surface area is 127 Å². The number of nitrogens with one attached hydrogen (secondary N) is 1. The van der Waals surface area contributed by atoms with Crippen LogP contribution in [0, 0.1) is 5.92 Å². The van der Waals surface area contributed by atoms with Crippen LogP contribution >= 0.6 is 15.9 Å². The van der Waals surface area contributed by atoms with E-state index in [0.29, 0.717) is 16.1 Å². The van der Waals surface area contributed by atoms with Gasteiger partial charge in [0.2, 0.25) is 0 Å². The number of carboxylic acid groups (broad SMARTS) is 1. The van der Waals surface area contributed by atoms with E-state index in [1.54, 1.807) is 18.0 Å². The molecule has 0 spiro atoms. The molecule has 2 amide bonds. The maximum Gasteiger partial charge on any atom is 0.335 e. The van der Waals surface area contributed by atoms with Gasteiger partial charge in [0.15, 0.2) is 0 Å². The highest BCUT2D eigenvalue weighted by Crippen LogP contribution is 2.20. The Morgan fingerprint density at radius 2 is 1.85 bits per heavy atom. The third-order valence-corrected chi connectivity index (χ3v) is 3.75. The van der Waals surface area contributed by atoms with E-state index in [4.69, 9.17) is 5.11 Å². The van der Waals surface area contributed by atoms with Gasteiger partial charge in [0.05, 0.1) is 5.56 Å². The van der Waals surface area contributed by atoms with Gasteiger partial charge >= 0.3 is 12.0 Å². The van der Waals surface area contributed by atoms with E-state index >= 15 is 0 Å². The van der Waals surface area contributed by atoms with Crippen molar-refractivity contribution in [3.63, 3.8) is 0 Å². The van der Waals surface area contributed by atoms with Gasteiger partial charge in [0.1, 0.15) is 0 Å². The molecule has 0 heterocycles. The van der Waals surface area contributed by atoms with Gasteiger partial charge in [-0.25, -0.2) is 9.59 Å². The second-order valence-electron chi connectivity index (χ2n) is 5.06. The number of benzene rings is 1. The fourth-order valence-corrected chi connectivity index (χ4v) is 2.12. The van der Waals surface area contributed by atoms with Crippen molar-refractivity contribution in [3.05, 3.63) is 28.2 Å². The van der Waals surface area contributed by atoms with Crippen molar-refractivity contribution in [2.45, 2.75) is 26.8 Å². The minimum atomic E-state index is -1.04. The molecule has 110 valence electrons. The quantitative estimate of drug-likeness (QED) is 0.877. The van der Waals surface area contributed by atoms with Gasteiger partial charge in [-0.15, -0.1) is 0 Å². The number of hydrogen-bond donors (Lipinski definition) is 2. The van der Waals surface area contributed by atoms with Crippen LogP contribution in [0.3, 0.4) is 0 Å². The van der Waals surface area contributed by atoms with Crippen molar-refractivity contribution in [3.8, 4) is 0 Å². The summed E-state index contributed by atoms with van der Waals surface area (Å²) >= 11 is 3.23. The molecule has 1 aromatic carbocycles. The molecule has 0 aliphatic rings. The molecule has 20 heavy (non-hydrogen) atoms. The van der Waals surface area contributed by atoms with E-state index < -0.39 is 5.97 Å². The molecule has 1 aromatic rings. The minimum absolute atomic E-state index is 0.0843. The van der Waals surface area contributed by atoms with E-state index in [9.17, 15) is 9.59 Å². The van der Waals surface area contributed by atoms with Gasteiger partial charge in [-0.1, -0.05) is 29.8 Å².